The molecule has 2 heteroatoms. The summed E-state index contributed by atoms with van der Waals surface area (Å²) < 4.78 is 0. The summed E-state index contributed by atoms with van der Waals surface area (Å²) in [5.41, 5.74) is 6.12. The van der Waals surface area contributed by atoms with Crippen molar-refractivity contribution in [3.8, 4) is 0 Å². The molecule has 1 rings (SSSR count). The molecule has 2 N–H and O–H groups in total. The van der Waals surface area contributed by atoms with Crippen molar-refractivity contribution in [2.24, 2.45) is 5.73 Å². The molecule has 0 bridgehead atoms. The quantitative estimate of drug-likeness (QED) is 0.680. The Morgan fingerprint density at radius 2 is 2.09 bits per heavy atom. The van der Waals surface area contributed by atoms with Crippen molar-refractivity contribution in [1.29, 1.82) is 0 Å². The Morgan fingerprint density at radius 3 is 2.64 bits per heavy atom. The van der Waals surface area contributed by atoms with Gasteiger partial charge in [0.15, 0.2) is 0 Å². The Morgan fingerprint density at radius 1 is 1.45 bits per heavy atom. The predicted octanol–water partition coefficient (Wildman–Crippen LogP) is 0.905. The molecule has 0 atom stereocenters. The van der Waals surface area contributed by atoms with Gasteiger partial charge in [-0.25, -0.2) is 0 Å². The van der Waals surface area contributed by atoms with E-state index < -0.39 is 0 Å². The van der Waals surface area contributed by atoms with E-state index in [9.17, 15) is 4.79 Å². The Labute approximate surface area is 66.0 Å². The fraction of sp³-hybridized carbons (Fsp3) is 0.222. The second-order valence-corrected chi connectivity index (χ2v) is 2.37. The van der Waals surface area contributed by atoms with E-state index in [1.54, 1.807) is 0 Å². The van der Waals surface area contributed by atoms with Crippen LogP contribution in [0.4, 0.5) is 0 Å². The first-order valence-electron chi connectivity index (χ1n) is 3.52. The van der Waals surface area contributed by atoms with Crippen molar-refractivity contribution in [3.05, 3.63) is 35.9 Å². The molecule has 0 saturated carbocycles. The van der Waals surface area contributed by atoms with Crippen molar-refractivity contribution < 1.29 is 4.79 Å². The molecule has 0 aliphatic rings. The van der Waals surface area contributed by atoms with E-state index in [2.05, 4.69) is 6.07 Å². The van der Waals surface area contributed by atoms with Crippen LogP contribution in [-0.2, 0) is 11.2 Å². The minimum absolute atomic E-state index is 0.252. The molecule has 0 unspecified atom stereocenters. The van der Waals surface area contributed by atoms with Crippen molar-refractivity contribution >= 4 is 5.91 Å². The van der Waals surface area contributed by atoms with Gasteiger partial charge in [-0.15, -0.1) is 0 Å². The van der Waals surface area contributed by atoms with Crippen molar-refractivity contribution in [1.82, 2.24) is 0 Å². The summed E-state index contributed by atoms with van der Waals surface area (Å²) >= 11 is 0. The molecule has 1 aromatic rings. The lowest BCUT2D eigenvalue weighted by atomic mass is 10.1. The van der Waals surface area contributed by atoms with E-state index in [0.717, 1.165) is 12.0 Å². The van der Waals surface area contributed by atoms with Crippen molar-refractivity contribution in [3.63, 3.8) is 0 Å². The standard InChI is InChI=1S/C9H10NO/c10-9(11)7-6-8-4-2-1-3-5-8/h2-5H,6-7H2,(H2,10,11). The lowest BCUT2D eigenvalue weighted by molar-refractivity contribution is -0.117. The highest BCUT2D eigenvalue weighted by Crippen LogP contribution is 2.00. The third kappa shape index (κ3) is 2.85. The lowest BCUT2D eigenvalue weighted by Crippen LogP contribution is -2.10. The van der Waals surface area contributed by atoms with Crippen LogP contribution in [0.1, 0.15) is 12.0 Å². The zero-order valence-corrected chi connectivity index (χ0v) is 6.21. The number of hydrogen-bond acceptors (Lipinski definition) is 1. The first-order chi connectivity index (χ1) is 5.29. The highest BCUT2D eigenvalue weighted by molar-refractivity contribution is 5.73. The molecule has 0 spiro atoms. The summed E-state index contributed by atoms with van der Waals surface area (Å²) in [5.74, 6) is -0.252. The van der Waals surface area contributed by atoms with E-state index in [-0.39, 0.29) is 5.91 Å². The third-order valence-electron chi connectivity index (χ3n) is 1.45. The van der Waals surface area contributed by atoms with E-state index in [1.165, 1.54) is 0 Å². The van der Waals surface area contributed by atoms with Crippen molar-refractivity contribution in [2.45, 2.75) is 12.8 Å². The van der Waals surface area contributed by atoms with E-state index in [0.29, 0.717) is 6.42 Å². The summed E-state index contributed by atoms with van der Waals surface area (Å²) in [6.45, 7) is 0. The number of amides is 1. The summed E-state index contributed by atoms with van der Waals surface area (Å²) in [5, 5.41) is 0. The van der Waals surface area contributed by atoms with Gasteiger partial charge in [-0.05, 0) is 18.1 Å². The van der Waals surface area contributed by atoms with Gasteiger partial charge in [-0.1, -0.05) is 24.3 Å². The topological polar surface area (TPSA) is 43.1 Å². The fourth-order valence-corrected chi connectivity index (χ4v) is 0.856. The number of rotatable bonds is 3. The van der Waals surface area contributed by atoms with Gasteiger partial charge in [0.1, 0.15) is 0 Å². The molecule has 0 aliphatic carbocycles. The maximum atomic E-state index is 10.4. The monoisotopic (exact) mass is 148 g/mol. The summed E-state index contributed by atoms with van der Waals surface area (Å²) in [6.07, 6.45) is 1.15. The molecular weight excluding hydrogens is 138 g/mol. The zero-order chi connectivity index (χ0) is 8.10. The molecule has 0 saturated heterocycles. The maximum absolute atomic E-state index is 10.4. The van der Waals surface area contributed by atoms with Gasteiger partial charge in [-0.3, -0.25) is 4.79 Å². The first kappa shape index (κ1) is 7.79. The van der Waals surface area contributed by atoms with Gasteiger partial charge >= 0.3 is 0 Å². The van der Waals surface area contributed by atoms with Crippen LogP contribution in [0.15, 0.2) is 24.3 Å². The van der Waals surface area contributed by atoms with E-state index >= 15 is 0 Å². The molecule has 57 valence electrons. The zero-order valence-electron chi connectivity index (χ0n) is 6.21. The lowest BCUT2D eigenvalue weighted by Gasteiger charge is -1.95. The second-order valence-electron chi connectivity index (χ2n) is 2.37. The van der Waals surface area contributed by atoms with Gasteiger partial charge in [0.25, 0.3) is 0 Å². The fourth-order valence-electron chi connectivity index (χ4n) is 0.856. The summed E-state index contributed by atoms with van der Waals surface area (Å²) in [4.78, 5) is 10.4. The smallest absolute Gasteiger partial charge is 0.217 e. The molecule has 0 fully saturated rings. The first-order valence-corrected chi connectivity index (χ1v) is 3.52. The predicted molar refractivity (Wildman–Crippen MR) is 42.8 cm³/mol. The van der Waals surface area contributed by atoms with Crippen LogP contribution < -0.4 is 5.73 Å². The van der Waals surface area contributed by atoms with E-state index in [1.807, 2.05) is 24.3 Å². The minimum atomic E-state index is -0.252. The average Bonchev–Trinajstić information content (AvgIpc) is 2.03. The molecule has 1 aromatic carbocycles. The molecule has 2 nitrogen and oxygen atoms in total. The average molecular weight is 148 g/mol. The van der Waals surface area contributed by atoms with Gasteiger partial charge in [0.2, 0.25) is 5.91 Å². The number of primary amides is 1. The number of aryl methyl sites for hydroxylation is 1. The van der Waals surface area contributed by atoms with Gasteiger partial charge in [0, 0.05) is 6.42 Å². The number of hydrogen-bond donors (Lipinski definition) is 1. The van der Waals surface area contributed by atoms with Crippen LogP contribution >= 0.6 is 0 Å². The van der Waals surface area contributed by atoms with E-state index in [4.69, 9.17) is 5.73 Å². The Kier molecular flexibility index (Phi) is 2.66. The van der Waals surface area contributed by atoms with Crippen LogP contribution in [0, 0.1) is 6.07 Å². The van der Waals surface area contributed by atoms with Gasteiger partial charge < -0.3 is 5.73 Å². The SMILES string of the molecule is NC(=O)CCc1cc[c]cc1. The van der Waals surface area contributed by atoms with Gasteiger partial charge in [0.05, 0.1) is 0 Å². The molecule has 11 heavy (non-hydrogen) atoms. The number of nitrogens with two attached hydrogens (primary N) is 1. The molecule has 0 heterocycles. The Bertz CT molecular complexity index is 231. The molecular formula is C9H10NO. The Balaban J connectivity index is 2.45. The normalized spacial score (nSPS) is 9.45. The van der Waals surface area contributed by atoms with Crippen LogP contribution in [0.3, 0.4) is 0 Å². The number of carbonyl (C=O) groups is 1. The second kappa shape index (κ2) is 3.76. The summed E-state index contributed by atoms with van der Waals surface area (Å²) in [6, 6.07) is 10.4. The molecule has 0 aliphatic heterocycles. The summed E-state index contributed by atoms with van der Waals surface area (Å²) in [7, 11) is 0. The van der Waals surface area contributed by atoms with Crippen LogP contribution in [0.5, 0.6) is 0 Å². The Hall–Kier alpha value is -1.31. The number of benzene rings is 1. The molecule has 0 aromatic heterocycles. The largest absolute Gasteiger partial charge is 0.370 e. The van der Waals surface area contributed by atoms with Crippen molar-refractivity contribution in [2.75, 3.05) is 0 Å². The third-order valence-corrected chi connectivity index (χ3v) is 1.45. The number of carbonyl (C=O) groups excluding carboxylic acids is 1. The maximum Gasteiger partial charge on any atom is 0.217 e. The van der Waals surface area contributed by atoms with Gasteiger partial charge in [-0.2, -0.15) is 0 Å². The van der Waals surface area contributed by atoms with Crippen LogP contribution in [0.2, 0.25) is 0 Å². The molecule has 1 radical (unpaired) electrons. The minimum Gasteiger partial charge on any atom is -0.370 e. The molecule has 1 amide bonds. The highest BCUT2D eigenvalue weighted by Gasteiger charge is 1.94. The van der Waals surface area contributed by atoms with Crippen LogP contribution in [0.25, 0.3) is 0 Å². The van der Waals surface area contributed by atoms with Crippen LogP contribution in [-0.4, -0.2) is 5.91 Å². The highest BCUT2D eigenvalue weighted by atomic mass is 16.1.